The van der Waals surface area contributed by atoms with Gasteiger partial charge in [0.15, 0.2) is 0 Å². The highest BCUT2D eigenvalue weighted by Crippen LogP contribution is 2.30. The minimum absolute atomic E-state index is 0.0966. The molecule has 0 aliphatic carbocycles. The predicted molar refractivity (Wildman–Crippen MR) is 86.4 cm³/mol. The summed E-state index contributed by atoms with van der Waals surface area (Å²) >= 11 is 0. The van der Waals surface area contributed by atoms with Gasteiger partial charge in [-0.25, -0.2) is 13.9 Å². The van der Waals surface area contributed by atoms with Crippen molar-refractivity contribution in [2.45, 2.75) is 13.0 Å². The Kier molecular flexibility index (Phi) is 3.04. The molecule has 2 heterocycles. The summed E-state index contributed by atoms with van der Waals surface area (Å²) in [6.45, 7) is 2.56. The molecule has 5 nitrogen and oxygen atoms in total. The van der Waals surface area contributed by atoms with E-state index in [0.29, 0.717) is 12.2 Å². The summed E-state index contributed by atoms with van der Waals surface area (Å²) in [7, 11) is 0. The third-order valence-corrected chi connectivity index (χ3v) is 4.03. The van der Waals surface area contributed by atoms with Crippen LogP contribution in [0.1, 0.15) is 6.92 Å². The van der Waals surface area contributed by atoms with Crippen molar-refractivity contribution in [3.63, 3.8) is 0 Å². The number of carbonyl (C=O) groups excluding carboxylic acids is 1. The Morgan fingerprint density at radius 2 is 1.96 bits per heavy atom. The van der Waals surface area contributed by atoms with Crippen LogP contribution >= 0.6 is 0 Å². The van der Waals surface area contributed by atoms with Crippen LogP contribution in [0.4, 0.5) is 14.9 Å². The number of hydrogen-bond acceptors (Lipinski definition) is 2. The van der Waals surface area contributed by atoms with Crippen molar-refractivity contribution in [2.75, 3.05) is 11.4 Å². The van der Waals surface area contributed by atoms with Crippen LogP contribution in [0, 0.1) is 5.82 Å². The lowest BCUT2D eigenvalue weighted by Gasteiger charge is -2.15. The van der Waals surface area contributed by atoms with Crippen LogP contribution < -0.4 is 10.2 Å². The normalized spacial score (nSPS) is 17.7. The number of benzene rings is 2. The van der Waals surface area contributed by atoms with Gasteiger partial charge in [-0.1, -0.05) is 18.2 Å². The minimum atomic E-state index is -0.338. The summed E-state index contributed by atoms with van der Waals surface area (Å²) in [5.41, 5.74) is 1.94. The third-order valence-electron chi connectivity index (χ3n) is 4.03. The van der Waals surface area contributed by atoms with Crippen molar-refractivity contribution in [1.29, 1.82) is 0 Å². The fourth-order valence-corrected chi connectivity index (χ4v) is 2.99. The molecule has 1 fully saturated rings. The van der Waals surface area contributed by atoms with Gasteiger partial charge in [0.1, 0.15) is 11.5 Å². The molecule has 0 saturated carbocycles. The van der Waals surface area contributed by atoms with Crippen LogP contribution in [0.3, 0.4) is 0 Å². The van der Waals surface area contributed by atoms with Gasteiger partial charge in [0.05, 0.1) is 17.4 Å². The average molecular weight is 310 g/mol. The fourth-order valence-electron chi connectivity index (χ4n) is 2.99. The standard InChI is InChI=1S/C17H15FN4O/c1-11-10-21(17(23)20-11)14-7-4-8-15-12(14)9-19-22(15)16-6-3-2-5-13(16)18/h2-9,11H,10H2,1H3,(H,20,23)/t11-/m1/s1. The summed E-state index contributed by atoms with van der Waals surface area (Å²) in [5, 5.41) is 8.02. The average Bonchev–Trinajstić information content (AvgIpc) is 3.11. The number of hydrogen-bond donors (Lipinski definition) is 1. The minimum Gasteiger partial charge on any atom is -0.333 e. The zero-order chi connectivity index (χ0) is 16.0. The molecule has 0 unspecified atom stereocenters. The van der Waals surface area contributed by atoms with Gasteiger partial charge in [-0.05, 0) is 31.2 Å². The predicted octanol–water partition coefficient (Wildman–Crippen LogP) is 3.08. The Bertz CT molecular complexity index is 904. The smallest absolute Gasteiger partial charge is 0.322 e. The molecule has 116 valence electrons. The largest absolute Gasteiger partial charge is 0.333 e. The monoisotopic (exact) mass is 310 g/mol. The van der Waals surface area contributed by atoms with Gasteiger partial charge in [-0.2, -0.15) is 5.10 Å². The van der Waals surface area contributed by atoms with Crippen molar-refractivity contribution in [1.82, 2.24) is 15.1 Å². The number of halogens is 1. The summed E-state index contributed by atoms with van der Waals surface area (Å²) in [4.78, 5) is 13.8. The zero-order valence-electron chi connectivity index (χ0n) is 12.5. The third kappa shape index (κ3) is 2.14. The fraction of sp³-hybridized carbons (Fsp3) is 0.176. The zero-order valence-corrected chi connectivity index (χ0v) is 12.5. The van der Waals surface area contributed by atoms with E-state index in [1.807, 2.05) is 25.1 Å². The first-order valence-corrected chi connectivity index (χ1v) is 7.45. The molecule has 2 aromatic carbocycles. The van der Waals surface area contributed by atoms with Crippen molar-refractivity contribution in [2.24, 2.45) is 0 Å². The first-order chi connectivity index (χ1) is 11.1. The maximum absolute atomic E-state index is 14.1. The van der Waals surface area contributed by atoms with Gasteiger partial charge in [-0.15, -0.1) is 0 Å². The molecule has 3 aromatic rings. The van der Waals surface area contributed by atoms with Gasteiger partial charge in [0, 0.05) is 18.0 Å². The van der Waals surface area contributed by atoms with E-state index in [4.69, 9.17) is 0 Å². The first-order valence-electron chi connectivity index (χ1n) is 7.45. The van der Waals surface area contributed by atoms with Gasteiger partial charge in [-0.3, -0.25) is 4.90 Å². The number of aromatic nitrogens is 2. The number of para-hydroxylation sites is 1. The second-order valence-corrected chi connectivity index (χ2v) is 5.68. The molecule has 0 bridgehead atoms. The number of urea groups is 1. The summed E-state index contributed by atoms with van der Waals surface area (Å²) in [6.07, 6.45) is 1.67. The van der Waals surface area contributed by atoms with Crippen LogP contribution in [-0.2, 0) is 0 Å². The van der Waals surface area contributed by atoms with E-state index in [1.54, 1.807) is 34.0 Å². The van der Waals surface area contributed by atoms with Crippen LogP contribution in [0.15, 0.2) is 48.7 Å². The molecule has 23 heavy (non-hydrogen) atoms. The quantitative estimate of drug-likeness (QED) is 0.791. The second-order valence-electron chi connectivity index (χ2n) is 5.68. The summed E-state index contributed by atoms with van der Waals surface area (Å²) in [6, 6.07) is 12.1. The summed E-state index contributed by atoms with van der Waals surface area (Å²) < 4.78 is 15.6. The number of amides is 2. The molecule has 0 spiro atoms. The molecule has 1 saturated heterocycles. The molecule has 2 amide bonds. The number of rotatable bonds is 2. The van der Waals surface area contributed by atoms with Crippen LogP contribution in [0.25, 0.3) is 16.6 Å². The molecule has 4 rings (SSSR count). The number of nitrogens with one attached hydrogen (secondary N) is 1. The van der Waals surface area contributed by atoms with E-state index >= 15 is 0 Å². The molecule has 1 aliphatic rings. The lowest BCUT2D eigenvalue weighted by Crippen LogP contribution is -2.28. The molecule has 1 atom stereocenters. The Balaban J connectivity index is 1.88. The van der Waals surface area contributed by atoms with Crippen molar-refractivity contribution in [3.8, 4) is 5.69 Å². The molecule has 1 aliphatic heterocycles. The van der Waals surface area contributed by atoms with E-state index in [9.17, 15) is 9.18 Å². The maximum atomic E-state index is 14.1. The van der Waals surface area contributed by atoms with E-state index in [-0.39, 0.29) is 17.9 Å². The molecule has 1 N–H and O–H groups in total. The Morgan fingerprint density at radius 3 is 2.70 bits per heavy atom. The number of fused-ring (bicyclic) bond motifs is 1. The molecule has 6 heteroatoms. The van der Waals surface area contributed by atoms with Crippen molar-refractivity contribution >= 4 is 22.6 Å². The Morgan fingerprint density at radius 1 is 1.17 bits per heavy atom. The Labute approximate surface area is 132 Å². The maximum Gasteiger partial charge on any atom is 0.322 e. The van der Waals surface area contributed by atoms with E-state index in [1.165, 1.54) is 6.07 Å². The first kappa shape index (κ1) is 13.8. The van der Waals surface area contributed by atoms with Crippen LogP contribution in [0.5, 0.6) is 0 Å². The lowest BCUT2D eigenvalue weighted by molar-refractivity contribution is 0.251. The van der Waals surface area contributed by atoms with Crippen LogP contribution in [-0.4, -0.2) is 28.4 Å². The van der Waals surface area contributed by atoms with E-state index < -0.39 is 0 Å². The second kappa shape index (κ2) is 5.08. The molecule has 0 radical (unpaired) electrons. The molecular weight excluding hydrogens is 295 g/mol. The highest BCUT2D eigenvalue weighted by molar-refractivity contribution is 6.03. The van der Waals surface area contributed by atoms with Gasteiger partial charge in [0.2, 0.25) is 0 Å². The van der Waals surface area contributed by atoms with Crippen molar-refractivity contribution in [3.05, 3.63) is 54.5 Å². The van der Waals surface area contributed by atoms with E-state index in [2.05, 4.69) is 10.4 Å². The van der Waals surface area contributed by atoms with Gasteiger partial charge >= 0.3 is 6.03 Å². The SMILES string of the molecule is C[C@@H]1CN(c2cccc3c2cnn3-c2ccccc2F)C(=O)N1. The van der Waals surface area contributed by atoms with Crippen molar-refractivity contribution < 1.29 is 9.18 Å². The number of anilines is 1. The number of nitrogens with zero attached hydrogens (tertiary/aromatic N) is 3. The number of carbonyl (C=O) groups is 1. The molecular formula is C17H15FN4O. The Hall–Kier alpha value is -2.89. The van der Waals surface area contributed by atoms with Gasteiger partial charge in [0.25, 0.3) is 0 Å². The summed E-state index contributed by atoms with van der Waals surface area (Å²) in [5.74, 6) is -0.338. The topological polar surface area (TPSA) is 50.2 Å². The highest BCUT2D eigenvalue weighted by atomic mass is 19.1. The lowest BCUT2D eigenvalue weighted by atomic mass is 10.2. The highest BCUT2D eigenvalue weighted by Gasteiger charge is 2.28. The molecule has 1 aromatic heterocycles. The van der Waals surface area contributed by atoms with E-state index in [0.717, 1.165) is 16.6 Å². The van der Waals surface area contributed by atoms with Crippen LogP contribution in [0.2, 0.25) is 0 Å². The van der Waals surface area contributed by atoms with Gasteiger partial charge < -0.3 is 5.32 Å².